The molecule has 13 heteroatoms. The number of likely N-dealkylation sites (tertiary alicyclic amines) is 1. The second kappa shape index (κ2) is 16.5. The van der Waals surface area contributed by atoms with E-state index in [1.807, 2.05) is 36.1 Å². The highest BCUT2D eigenvalue weighted by atomic mass is 35.5. The lowest BCUT2D eigenvalue weighted by Crippen LogP contribution is -2.53. The number of amides is 3. The summed E-state index contributed by atoms with van der Waals surface area (Å²) in [7, 11) is 0. The first-order valence-corrected chi connectivity index (χ1v) is 21.0. The predicted molar refractivity (Wildman–Crippen MR) is 219 cm³/mol. The molecule has 3 amide bonds. The Labute approximate surface area is 344 Å². The Balaban J connectivity index is 0.813. The van der Waals surface area contributed by atoms with E-state index < -0.39 is 17.7 Å². The molecule has 0 spiro atoms. The van der Waals surface area contributed by atoms with Crippen LogP contribution < -0.4 is 19.9 Å². The van der Waals surface area contributed by atoms with E-state index in [-0.39, 0.29) is 54.4 Å². The first kappa shape index (κ1) is 39.6. The van der Waals surface area contributed by atoms with Gasteiger partial charge in [-0.25, -0.2) is 0 Å². The highest BCUT2D eigenvalue weighted by Crippen LogP contribution is 2.38. The van der Waals surface area contributed by atoms with Crippen LogP contribution in [0.25, 0.3) is 0 Å². The molecular formula is C45H49ClN6O6. The predicted octanol–water partition coefficient (Wildman–Crippen LogP) is 5.90. The van der Waals surface area contributed by atoms with Gasteiger partial charge in [-0.15, -0.1) is 0 Å². The molecule has 0 aromatic heterocycles. The third-order valence-electron chi connectivity index (χ3n) is 12.9. The Morgan fingerprint density at radius 1 is 0.845 bits per heavy atom. The van der Waals surface area contributed by atoms with Gasteiger partial charge in [0.15, 0.2) is 11.6 Å². The van der Waals surface area contributed by atoms with E-state index in [1.54, 1.807) is 24.3 Å². The number of carbonyl (C=O) groups excluding carboxylic acids is 5. The van der Waals surface area contributed by atoms with Crippen molar-refractivity contribution < 1.29 is 28.7 Å². The summed E-state index contributed by atoms with van der Waals surface area (Å²) < 4.78 is 6.14. The van der Waals surface area contributed by atoms with Crippen LogP contribution in [-0.2, 0) is 9.59 Å². The van der Waals surface area contributed by atoms with Crippen LogP contribution in [0, 0.1) is 23.2 Å². The van der Waals surface area contributed by atoms with Gasteiger partial charge < -0.3 is 19.4 Å². The Morgan fingerprint density at radius 2 is 1.53 bits per heavy atom. The number of piperazine rings is 1. The highest BCUT2D eigenvalue weighted by molar-refractivity contribution is 6.31. The van der Waals surface area contributed by atoms with E-state index in [0.29, 0.717) is 45.5 Å². The summed E-state index contributed by atoms with van der Waals surface area (Å²) in [6.07, 6.45) is 4.74. The van der Waals surface area contributed by atoms with Crippen LogP contribution in [0.15, 0.2) is 60.7 Å². The fourth-order valence-electron chi connectivity index (χ4n) is 9.79. The van der Waals surface area contributed by atoms with E-state index in [1.165, 1.54) is 0 Å². The van der Waals surface area contributed by atoms with Gasteiger partial charge in [-0.3, -0.25) is 34.2 Å². The van der Waals surface area contributed by atoms with Crippen LogP contribution in [0.3, 0.4) is 0 Å². The van der Waals surface area contributed by atoms with Gasteiger partial charge in [-0.05, 0) is 101 Å². The van der Waals surface area contributed by atoms with Crippen LogP contribution in [-0.4, -0.2) is 103 Å². The first-order valence-electron chi connectivity index (χ1n) is 20.6. The topological polar surface area (TPSA) is 143 Å². The molecule has 1 aliphatic carbocycles. The molecule has 58 heavy (non-hydrogen) atoms. The molecule has 4 heterocycles. The third-order valence-corrected chi connectivity index (χ3v) is 13.3. The molecule has 4 fully saturated rings. The summed E-state index contributed by atoms with van der Waals surface area (Å²) >= 11 is 6.21. The molecule has 4 saturated heterocycles. The summed E-state index contributed by atoms with van der Waals surface area (Å²) in [5.41, 5.74) is 3.88. The molecule has 5 atom stereocenters. The van der Waals surface area contributed by atoms with Crippen LogP contribution >= 0.6 is 11.6 Å². The minimum atomic E-state index is -1.06. The molecule has 5 unspecified atom stereocenters. The number of halogens is 1. The van der Waals surface area contributed by atoms with Crippen LogP contribution in [0.4, 0.5) is 11.4 Å². The molecule has 0 saturated carbocycles. The molecule has 0 bridgehead atoms. The molecule has 3 aromatic carbocycles. The SMILES string of the molecule is CC(CC1CCC(C)N1C(=O)c1ccc(N2CCN(C3CCN(c4ccc5c(c4)C(=O)C(C4CCC(=O)NC4=O)C5=O)CC3)CC2)cc1)Oc1ccc(C#N)c(Cl)c1. The number of piperidine rings is 2. The highest BCUT2D eigenvalue weighted by Gasteiger charge is 2.48. The number of nitriles is 1. The second-order valence-electron chi connectivity index (χ2n) is 16.5. The van der Waals surface area contributed by atoms with Crippen molar-refractivity contribution >= 4 is 52.3 Å². The summed E-state index contributed by atoms with van der Waals surface area (Å²) in [5, 5.41) is 11.8. The van der Waals surface area contributed by atoms with Crippen LogP contribution in [0.5, 0.6) is 5.75 Å². The van der Waals surface area contributed by atoms with E-state index in [2.05, 4.69) is 45.1 Å². The van der Waals surface area contributed by atoms with Crippen molar-refractivity contribution in [2.75, 3.05) is 49.1 Å². The van der Waals surface area contributed by atoms with Crippen molar-refractivity contribution in [3.63, 3.8) is 0 Å². The molecular weight excluding hydrogens is 756 g/mol. The van der Waals surface area contributed by atoms with Gasteiger partial charge in [-0.1, -0.05) is 11.6 Å². The molecule has 5 aliphatic rings. The first-order chi connectivity index (χ1) is 28.0. The second-order valence-corrected chi connectivity index (χ2v) is 16.9. The largest absolute Gasteiger partial charge is 0.491 e. The van der Waals surface area contributed by atoms with Crippen molar-refractivity contribution in [1.29, 1.82) is 5.26 Å². The summed E-state index contributed by atoms with van der Waals surface area (Å²) in [6, 6.07) is 21.3. The smallest absolute Gasteiger partial charge is 0.254 e. The molecule has 8 rings (SSSR count). The minimum Gasteiger partial charge on any atom is -0.491 e. The standard InChI is InChI=1S/C45H49ClN6O6/c1-27-3-7-34(23-28(2)58-35-11-6-30(26-47)39(46)25-35)52(27)45(57)29-4-8-31(9-5-29)50-19-21-51(22-20-50)32-15-17-49(18-16-32)33-10-12-36-38(24-33)43(55)41(42(36)54)37-13-14-40(53)48-44(37)56/h4-6,8-12,24-25,27-28,32,34,37,41H,3,7,13-23H2,1-2H3,(H,48,53,56). The average molecular weight is 805 g/mol. The summed E-state index contributed by atoms with van der Waals surface area (Å²) in [6.45, 7) is 9.49. The summed E-state index contributed by atoms with van der Waals surface area (Å²) in [4.78, 5) is 74.0. The summed E-state index contributed by atoms with van der Waals surface area (Å²) in [5.74, 6) is -2.75. The lowest BCUT2D eigenvalue weighted by Gasteiger charge is -2.44. The Hall–Kier alpha value is -5.25. The number of fused-ring (bicyclic) bond motifs is 1. The van der Waals surface area contributed by atoms with E-state index >= 15 is 0 Å². The lowest BCUT2D eigenvalue weighted by atomic mass is 9.82. The maximum absolute atomic E-state index is 13.9. The monoisotopic (exact) mass is 804 g/mol. The van der Waals surface area contributed by atoms with Crippen LogP contribution in [0.2, 0.25) is 5.02 Å². The number of nitrogens with one attached hydrogen (secondary N) is 1. The lowest BCUT2D eigenvalue weighted by molar-refractivity contribution is -0.137. The number of rotatable bonds is 9. The minimum absolute atomic E-state index is 0.0442. The van der Waals surface area contributed by atoms with E-state index in [0.717, 1.165) is 76.3 Å². The van der Waals surface area contributed by atoms with Gasteiger partial charge in [0, 0.05) is 104 Å². The van der Waals surface area contributed by atoms with Crippen molar-refractivity contribution in [3.8, 4) is 11.8 Å². The number of anilines is 2. The zero-order chi connectivity index (χ0) is 40.7. The number of nitrogens with zero attached hydrogens (tertiary/aromatic N) is 5. The number of ketones is 2. The van der Waals surface area contributed by atoms with Crippen molar-refractivity contribution in [1.82, 2.24) is 15.1 Å². The van der Waals surface area contributed by atoms with E-state index in [9.17, 15) is 29.2 Å². The maximum atomic E-state index is 13.9. The van der Waals surface area contributed by atoms with Crippen molar-refractivity contribution in [2.24, 2.45) is 11.8 Å². The van der Waals surface area contributed by atoms with E-state index in [4.69, 9.17) is 16.3 Å². The molecule has 4 aliphatic heterocycles. The number of ether oxygens (including phenoxy) is 1. The van der Waals surface area contributed by atoms with Crippen molar-refractivity contribution in [3.05, 3.63) is 87.9 Å². The van der Waals surface area contributed by atoms with Gasteiger partial charge in [0.2, 0.25) is 11.8 Å². The number of benzene rings is 3. The molecule has 0 radical (unpaired) electrons. The van der Waals surface area contributed by atoms with Gasteiger partial charge in [0.25, 0.3) is 5.91 Å². The Kier molecular flexibility index (Phi) is 11.3. The van der Waals surface area contributed by atoms with Gasteiger partial charge in [0.05, 0.1) is 28.5 Å². The Morgan fingerprint density at radius 3 is 2.22 bits per heavy atom. The number of carbonyl (C=O) groups is 5. The molecule has 3 aromatic rings. The van der Waals surface area contributed by atoms with Gasteiger partial charge in [-0.2, -0.15) is 5.26 Å². The van der Waals surface area contributed by atoms with Crippen molar-refractivity contribution in [2.45, 2.75) is 83.0 Å². The zero-order valence-electron chi connectivity index (χ0n) is 33.0. The molecule has 302 valence electrons. The number of hydrogen-bond donors (Lipinski definition) is 1. The molecule has 1 N–H and O–H groups in total. The normalized spacial score (nSPS) is 24.8. The fourth-order valence-corrected chi connectivity index (χ4v) is 10.00. The van der Waals surface area contributed by atoms with Gasteiger partial charge >= 0.3 is 0 Å². The number of imide groups is 1. The quantitative estimate of drug-likeness (QED) is 0.205. The number of Topliss-reactive ketones (excluding diaryl/α,β-unsaturated/α-hetero) is 2. The fraction of sp³-hybridized carbons (Fsp3) is 0.467. The van der Waals surface area contributed by atoms with Gasteiger partial charge in [0.1, 0.15) is 11.8 Å². The zero-order valence-corrected chi connectivity index (χ0v) is 33.7. The maximum Gasteiger partial charge on any atom is 0.254 e. The third kappa shape index (κ3) is 7.82. The number of hydrogen-bond acceptors (Lipinski definition) is 10. The Bertz CT molecular complexity index is 2150. The molecule has 12 nitrogen and oxygen atoms in total. The van der Waals surface area contributed by atoms with Crippen LogP contribution in [0.1, 0.15) is 95.4 Å². The average Bonchev–Trinajstić information content (AvgIpc) is 3.71.